The van der Waals surface area contributed by atoms with E-state index in [1.165, 1.54) is 4.88 Å². The molecule has 1 nitrogen and oxygen atoms in total. The van der Waals surface area contributed by atoms with Crippen LogP contribution < -0.4 is 5.73 Å². The van der Waals surface area contributed by atoms with Gasteiger partial charge in [-0.2, -0.15) is 0 Å². The Morgan fingerprint density at radius 3 is 2.90 bits per heavy atom. The Morgan fingerprint density at radius 1 is 1.80 bits per heavy atom. The molecule has 0 spiro atoms. The molecule has 3 heteroatoms. The summed E-state index contributed by atoms with van der Waals surface area (Å²) in [6.45, 7) is 2.02. The van der Waals surface area contributed by atoms with Crippen LogP contribution in [0.4, 0.5) is 0 Å². The lowest BCUT2D eigenvalue weighted by Gasteiger charge is -1.99. The Hall–Kier alpha value is 0.140. The van der Waals surface area contributed by atoms with Gasteiger partial charge in [0.15, 0.2) is 0 Å². The third-order valence-corrected chi connectivity index (χ3v) is 2.86. The summed E-state index contributed by atoms with van der Waals surface area (Å²) in [6.07, 6.45) is 0.982. The van der Waals surface area contributed by atoms with Crippen LogP contribution in [0.15, 0.2) is 15.9 Å². The van der Waals surface area contributed by atoms with Gasteiger partial charge in [0.05, 0.1) is 0 Å². The van der Waals surface area contributed by atoms with Crippen LogP contribution in [0.5, 0.6) is 0 Å². The minimum absolute atomic E-state index is 0.269. The first kappa shape index (κ1) is 8.24. The molecule has 0 aliphatic rings. The molecular formula is C7H10BrNS. The van der Waals surface area contributed by atoms with Crippen molar-refractivity contribution in [2.24, 2.45) is 5.73 Å². The molecular weight excluding hydrogens is 210 g/mol. The Labute approximate surface area is 73.4 Å². The molecule has 1 aromatic rings. The lowest BCUT2D eigenvalue weighted by molar-refractivity contribution is 0.746. The largest absolute Gasteiger partial charge is 0.328 e. The van der Waals surface area contributed by atoms with E-state index < -0.39 is 0 Å². The molecule has 1 atom stereocenters. The van der Waals surface area contributed by atoms with Crippen molar-refractivity contribution >= 4 is 27.3 Å². The first-order chi connectivity index (χ1) is 4.68. The smallest absolute Gasteiger partial charge is 0.0285 e. The predicted octanol–water partition coefficient (Wildman–Crippen LogP) is 2.40. The average molecular weight is 220 g/mol. The van der Waals surface area contributed by atoms with E-state index in [2.05, 4.69) is 27.4 Å². The second-order valence-electron chi connectivity index (χ2n) is 2.41. The van der Waals surface area contributed by atoms with Gasteiger partial charge in [-0.3, -0.25) is 0 Å². The summed E-state index contributed by atoms with van der Waals surface area (Å²) in [5, 5.41) is 2.08. The van der Waals surface area contributed by atoms with Gasteiger partial charge in [0.25, 0.3) is 0 Å². The van der Waals surface area contributed by atoms with E-state index >= 15 is 0 Å². The van der Waals surface area contributed by atoms with Crippen LogP contribution in [-0.4, -0.2) is 6.04 Å². The number of thiophene rings is 1. The number of halogens is 1. The predicted molar refractivity (Wildman–Crippen MR) is 49.4 cm³/mol. The minimum atomic E-state index is 0.269. The molecule has 10 heavy (non-hydrogen) atoms. The monoisotopic (exact) mass is 219 g/mol. The molecule has 0 amide bonds. The standard InChI is InChI=1S/C7H10BrNS/c1-5(9)2-7-3-6(8)4-10-7/h3-5H,2,9H2,1H3/t5-/m0/s1. The molecule has 0 unspecified atom stereocenters. The van der Waals surface area contributed by atoms with Crippen molar-refractivity contribution in [3.05, 3.63) is 20.8 Å². The zero-order chi connectivity index (χ0) is 7.56. The highest BCUT2D eigenvalue weighted by Gasteiger charge is 1.99. The van der Waals surface area contributed by atoms with E-state index in [4.69, 9.17) is 5.73 Å². The molecule has 2 N–H and O–H groups in total. The molecule has 0 bridgehead atoms. The Morgan fingerprint density at radius 2 is 2.50 bits per heavy atom. The van der Waals surface area contributed by atoms with Gasteiger partial charge in [0.1, 0.15) is 0 Å². The van der Waals surface area contributed by atoms with E-state index in [0.29, 0.717) is 0 Å². The summed E-state index contributed by atoms with van der Waals surface area (Å²) in [4.78, 5) is 1.35. The molecule has 0 saturated carbocycles. The number of rotatable bonds is 2. The molecule has 0 aromatic carbocycles. The highest BCUT2D eigenvalue weighted by Crippen LogP contribution is 2.20. The van der Waals surface area contributed by atoms with E-state index in [1.807, 2.05) is 6.92 Å². The summed E-state index contributed by atoms with van der Waals surface area (Å²) in [5.41, 5.74) is 5.63. The average Bonchev–Trinajstić information content (AvgIpc) is 2.13. The first-order valence-corrected chi connectivity index (χ1v) is 4.84. The fourth-order valence-electron chi connectivity index (χ4n) is 0.778. The maximum atomic E-state index is 5.63. The van der Waals surface area contributed by atoms with Crippen LogP contribution >= 0.6 is 27.3 Å². The van der Waals surface area contributed by atoms with Crippen LogP contribution in [-0.2, 0) is 6.42 Å². The fourth-order valence-corrected chi connectivity index (χ4v) is 2.37. The molecule has 1 heterocycles. The van der Waals surface area contributed by atoms with Crippen molar-refractivity contribution in [1.82, 2.24) is 0 Å². The third kappa shape index (κ3) is 2.40. The summed E-state index contributed by atoms with van der Waals surface area (Å²) in [5.74, 6) is 0. The zero-order valence-electron chi connectivity index (χ0n) is 5.80. The van der Waals surface area contributed by atoms with Crippen LogP contribution in [0.3, 0.4) is 0 Å². The number of hydrogen-bond acceptors (Lipinski definition) is 2. The van der Waals surface area contributed by atoms with Crippen molar-refractivity contribution in [2.75, 3.05) is 0 Å². The second-order valence-corrected chi connectivity index (χ2v) is 4.32. The topological polar surface area (TPSA) is 26.0 Å². The van der Waals surface area contributed by atoms with Gasteiger partial charge in [-0.05, 0) is 35.3 Å². The maximum Gasteiger partial charge on any atom is 0.0285 e. The second kappa shape index (κ2) is 3.51. The van der Waals surface area contributed by atoms with Gasteiger partial charge in [-0.15, -0.1) is 11.3 Å². The van der Waals surface area contributed by atoms with Gasteiger partial charge in [0, 0.05) is 20.8 Å². The molecule has 0 aliphatic heterocycles. The van der Waals surface area contributed by atoms with Gasteiger partial charge >= 0.3 is 0 Å². The van der Waals surface area contributed by atoms with Crippen molar-refractivity contribution in [2.45, 2.75) is 19.4 Å². The summed E-state index contributed by atoms with van der Waals surface area (Å²) in [6, 6.07) is 2.39. The highest BCUT2D eigenvalue weighted by molar-refractivity contribution is 9.10. The van der Waals surface area contributed by atoms with E-state index in [9.17, 15) is 0 Å². The van der Waals surface area contributed by atoms with Crippen molar-refractivity contribution < 1.29 is 0 Å². The lowest BCUT2D eigenvalue weighted by Crippen LogP contribution is -2.16. The van der Waals surface area contributed by atoms with Crippen LogP contribution in [0.1, 0.15) is 11.8 Å². The molecule has 0 aliphatic carbocycles. The summed E-state index contributed by atoms with van der Waals surface area (Å²) in [7, 11) is 0. The zero-order valence-corrected chi connectivity index (χ0v) is 8.21. The van der Waals surface area contributed by atoms with Gasteiger partial charge < -0.3 is 5.73 Å². The maximum absolute atomic E-state index is 5.63. The summed E-state index contributed by atoms with van der Waals surface area (Å²) >= 11 is 5.14. The lowest BCUT2D eigenvalue weighted by atomic mass is 10.2. The first-order valence-electron chi connectivity index (χ1n) is 3.17. The number of nitrogens with two attached hydrogens (primary N) is 1. The molecule has 1 aromatic heterocycles. The fraction of sp³-hybridized carbons (Fsp3) is 0.429. The Bertz CT molecular complexity index is 207. The van der Waals surface area contributed by atoms with Crippen molar-refractivity contribution in [3.8, 4) is 0 Å². The Balaban J connectivity index is 2.58. The van der Waals surface area contributed by atoms with Crippen LogP contribution in [0.25, 0.3) is 0 Å². The van der Waals surface area contributed by atoms with Crippen LogP contribution in [0, 0.1) is 0 Å². The molecule has 0 fully saturated rings. The SMILES string of the molecule is C[C@H](N)Cc1cc(Br)cs1. The molecule has 1 rings (SSSR count). The van der Waals surface area contributed by atoms with E-state index in [0.717, 1.165) is 10.9 Å². The van der Waals surface area contributed by atoms with Gasteiger partial charge in [0.2, 0.25) is 0 Å². The Kier molecular flexibility index (Phi) is 2.89. The van der Waals surface area contributed by atoms with Crippen LogP contribution in [0.2, 0.25) is 0 Å². The normalized spacial score (nSPS) is 13.5. The van der Waals surface area contributed by atoms with Crippen molar-refractivity contribution in [3.63, 3.8) is 0 Å². The van der Waals surface area contributed by atoms with Gasteiger partial charge in [-0.1, -0.05) is 0 Å². The molecule has 56 valence electrons. The minimum Gasteiger partial charge on any atom is -0.328 e. The van der Waals surface area contributed by atoms with Gasteiger partial charge in [-0.25, -0.2) is 0 Å². The van der Waals surface area contributed by atoms with E-state index in [1.54, 1.807) is 11.3 Å². The van der Waals surface area contributed by atoms with Crippen molar-refractivity contribution in [1.29, 1.82) is 0 Å². The summed E-state index contributed by atoms with van der Waals surface area (Å²) < 4.78 is 1.16. The molecule has 0 radical (unpaired) electrons. The highest BCUT2D eigenvalue weighted by atomic mass is 79.9. The quantitative estimate of drug-likeness (QED) is 0.813. The number of hydrogen-bond donors (Lipinski definition) is 1. The third-order valence-electron chi connectivity index (χ3n) is 1.14. The van der Waals surface area contributed by atoms with E-state index in [-0.39, 0.29) is 6.04 Å². The molecule has 0 saturated heterocycles.